The topological polar surface area (TPSA) is 106 Å². The molecule has 2 saturated heterocycles. The minimum absolute atomic E-state index is 0.0862. The minimum Gasteiger partial charge on any atom is -0.475 e. The molecule has 248 valence electrons. The molecule has 1 unspecified atom stereocenters. The van der Waals surface area contributed by atoms with E-state index in [1.165, 1.54) is 4.90 Å². The van der Waals surface area contributed by atoms with Gasteiger partial charge in [0.05, 0.1) is 19.8 Å². The van der Waals surface area contributed by atoms with Gasteiger partial charge < -0.3 is 39.2 Å². The van der Waals surface area contributed by atoms with Crippen molar-refractivity contribution in [2.45, 2.75) is 39.8 Å². The molecule has 13 heteroatoms. The van der Waals surface area contributed by atoms with Crippen LogP contribution in [0.4, 0.5) is 29.5 Å². The second-order valence-corrected chi connectivity index (χ2v) is 10.3. The molecule has 2 amide bonds. The van der Waals surface area contributed by atoms with Crippen LogP contribution in [0.3, 0.4) is 0 Å². The molecule has 0 bridgehead atoms. The Bertz CT molecular complexity index is 1130. The van der Waals surface area contributed by atoms with Crippen molar-refractivity contribution in [1.82, 2.24) is 9.88 Å². The zero-order chi connectivity index (χ0) is 32.5. The first-order valence-corrected chi connectivity index (χ1v) is 14.8. The summed E-state index contributed by atoms with van der Waals surface area (Å²) in [6.07, 6.45) is -4.77. The lowest BCUT2D eigenvalue weighted by molar-refractivity contribution is -0.143. The van der Waals surface area contributed by atoms with Gasteiger partial charge in [0.25, 0.3) is 0 Å². The molecule has 2 N–H and O–H groups in total. The number of aromatic nitrogens is 1. The number of benzene rings is 1. The number of pyridine rings is 1. The van der Waals surface area contributed by atoms with Crippen molar-refractivity contribution in [2.24, 2.45) is 5.92 Å². The number of alkyl halides is 3. The van der Waals surface area contributed by atoms with Gasteiger partial charge in [0, 0.05) is 71.8 Å². The number of carbonyl (C=O) groups is 1. The van der Waals surface area contributed by atoms with Crippen molar-refractivity contribution < 1.29 is 42.0 Å². The van der Waals surface area contributed by atoms with Crippen molar-refractivity contribution in [3.63, 3.8) is 0 Å². The zero-order valence-electron chi connectivity index (χ0n) is 26.4. The van der Waals surface area contributed by atoms with Gasteiger partial charge in [0.1, 0.15) is 12.4 Å². The molecule has 4 rings (SSSR count). The Kier molecular flexibility index (Phi) is 16.3. The van der Waals surface area contributed by atoms with E-state index in [1.807, 2.05) is 39.0 Å². The van der Waals surface area contributed by atoms with Crippen molar-refractivity contribution in [2.75, 3.05) is 90.3 Å². The fourth-order valence-electron chi connectivity index (χ4n) is 4.75. The number of morpholine rings is 1. The summed E-state index contributed by atoms with van der Waals surface area (Å²) < 4.78 is 58.3. The van der Waals surface area contributed by atoms with E-state index in [4.69, 9.17) is 14.2 Å². The third-order valence-electron chi connectivity index (χ3n) is 6.77. The Morgan fingerprint density at radius 1 is 1.11 bits per heavy atom. The van der Waals surface area contributed by atoms with Crippen LogP contribution in [0, 0.1) is 12.8 Å². The molecule has 1 atom stereocenters. The highest BCUT2D eigenvalue weighted by atomic mass is 19.4. The fraction of sp³-hybridized carbons (Fsp3) is 0.613. The molecule has 1 aromatic carbocycles. The van der Waals surface area contributed by atoms with Crippen LogP contribution in [0.2, 0.25) is 0 Å². The van der Waals surface area contributed by atoms with Crippen molar-refractivity contribution in [3.05, 3.63) is 35.9 Å². The number of carbonyl (C=O) groups excluding carboxylic acids is 1. The highest BCUT2D eigenvalue weighted by Gasteiger charge is 2.36. The molecule has 0 spiro atoms. The summed E-state index contributed by atoms with van der Waals surface area (Å²) in [5.41, 5.74) is 3.20. The molecule has 2 fully saturated rings. The number of anilines is 2. The number of rotatable bonds is 9. The van der Waals surface area contributed by atoms with Crippen LogP contribution in [0.1, 0.15) is 32.3 Å². The van der Waals surface area contributed by atoms with Gasteiger partial charge in [-0.3, -0.25) is 0 Å². The first kappa shape index (κ1) is 37.1. The Hall–Kier alpha value is -3.13. The van der Waals surface area contributed by atoms with Gasteiger partial charge in [0.2, 0.25) is 5.88 Å². The SMILES string of the molecule is CCOCC.COC.Cc1ccc(NC(=O)N2CCC(CC(F)(F)F)C2)cc1-c1cc(OCCO)nc(N2CCOCC2)c1. The average molecular weight is 629 g/mol. The molecule has 10 nitrogen and oxygen atoms in total. The van der Waals surface area contributed by atoms with Crippen molar-refractivity contribution in [1.29, 1.82) is 0 Å². The van der Waals surface area contributed by atoms with E-state index < -0.39 is 24.5 Å². The van der Waals surface area contributed by atoms with Crippen molar-refractivity contribution >= 4 is 17.5 Å². The number of aryl methyl sites for hydroxylation is 1. The van der Waals surface area contributed by atoms with Gasteiger partial charge in [-0.1, -0.05) is 6.07 Å². The van der Waals surface area contributed by atoms with E-state index in [0.717, 1.165) is 35.7 Å². The summed E-state index contributed by atoms with van der Waals surface area (Å²) >= 11 is 0. The Balaban J connectivity index is 0.000000754. The lowest BCUT2D eigenvalue weighted by atomic mass is 10.0. The molecule has 2 aliphatic rings. The average Bonchev–Trinajstić information content (AvgIpc) is 3.45. The smallest absolute Gasteiger partial charge is 0.389 e. The van der Waals surface area contributed by atoms with Crippen LogP contribution in [-0.4, -0.2) is 107 Å². The quantitative estimate of drug-likeness (QED) is 0.382. The van der Waals surface area contributed by atoms with E-state index in [9.17, 15) is 23.1 Å². The minimum atomic E-state index is -4.23. The summed E-state index contributed by atoms with van der Waals surface area (Å²) in [5.74, 6) is 0.534. The Morgan fingerprint density at radius 2 is 1.80 bits per heavy atom. The number of urea groups is 1. The maximum Gasteiger partial charge on any atom is 0.389 e. The van der Waals surface area contributed by atoms with E-state index in [2.05, 4.69) is 19.9 Å². The summed E-state index contributed by atoms with van der Waals surface area (Å²) in [6.45, 7) is 10.5. The fourth-order valence-corrected chi connectivity index (χ4v) is 4.75. The largest absolute Gasteiger partial charge is 0.475 e. The van der Waals surface area contributed by atoms with Gasteiger partial charge in [-0.25, -0.2) is 4.79 Å². The van der Waals surface area contributed by atoms with Crippen molar-refractivity contribution in [3.8, 4) is 17.0 Å². The Morgan fingerprint density at radius 3 is 2.39 bits per heavy atom. The lowest BCUT2D eigenvalue weighted by Gasteiger charge is -2.28. The molecule has 0 aliphatic carbocycles. The highest BCUT2D eigenvalue weighted by molar-refractivity contribution is 5.90. The van der Waals surface area contributed by atoms with Gasteiger partial charge >= 0.3 is 12.2 Å². The number of nitrogens with one attached hydrogen (secondary N) is 1. The predicted octanol–water partition coefficient (Wildman–Crippen LogP) is 5.38. The Labute approximate surface area is 258 Å². The van der Waals surface area contributed by atoms with Gasteiger partial charge in [-0.2, -0.15) is 18.2 Å². The third kappa shape index (κ3) is 12.8. The number of aliphatic hydroxyl groups excluding tert-OH is 1. The number of methoxy groups -OCH3 is 1. The number of hydrogen-bond donors (Lipinski definition) is 2. The molecule has 0 saturated carbocycles. The van der Waals surface area contributed by atoms with Crippen LogP contribution in [-0.2, 0) is 14.2 Å². The number of amides is 2. The van der Waals surface area contributed by atoms with Gasteiger partial charge in [-0.05, 0) is 68.0 Å². The normalized spacial score (nSPS) is 16.4. The standard InChI is InChI=1S/C25H31F3N4O4.C4H10O.C2H6O/c1-17-2-3-20(29-24(34)32-5-4-18(16-32)15-25(26,27)28)14-21(17)19-12-22(31-6-9-35-10-7-31)30-23(13-19)36-11-8-33;1-3-5-4-2;1-3-2/h2-3,12-14,18,33H,4-11,15-16H2,1H3,(H,29,34);3-4H2,1-2H3;1-2H3. The third-order valence-corrected chi connectivity index (χ3v) is 6.77. The number of ether oxygens (including phenoxy) is 4. The molecule has 2 aliphatic heterocycles. The van der Waals surface area contributed by atoms with Crippen LogP contribution in [0.15, 0.2) is 30.3 Å². The summed E-state index contributed by atoms with van der Waals surface area (Å²) in [7, 11) is 3.25. The number of likely N-dealkylation sites (tertiary alicyclic amines) is 1. The number of aliphatic hydroxyl groups is 1. The lowest BCUT2D eigenvalue weighted by Crippen LogP contribution is -2.36. The number of hydrogen-bond acceptors (Lipinski definition) is 8. The van der Waals surface area contributed by atoms with E-state index >= 15 is 0 Å². The summed E-state index contributed by atoms with van der Waals surface area (Å²) in [5, 5.41) is 12.0. The second kappa shape index (κ2) is 19.3. The number of halogens is 3. The summed E-state index contributed by atoms with van der Waals surface area (Å²) in [6, 6.07) is 8.82. The van der Waals surface area contributed by atoms with Crippen LogP contribution < -0.4 is 15.0 Å². The molecular weight excluding hydrogens is 581 g/mol. The predicted molar refractivity (Wildman–Crippen MR) is 164 cm³/mol. The van der Waals surface area contributed by atoms with E-state index in [0.29, 0.717) is 50.8 Å². The van der Waals surface area contributed by atoms with E-state index in [1.54, 1.807) is 26.4 Å². The molecule has 1 aromatic heterocycles. The van der Waals surface area contributed by atoms with Crippen LogP contribution in [0.5, 0.6) is 5.88 Å². The molecular formula is C31H47F3N4O6. The maximum atomic E-state index is 12.8. The monoisotopic (exact) mass is 628 g/mol. The zero-order valence-corrected chi connectivity index (χ0v) is 26.4. The molecule has 3 heterocycles. The van der Waals surface area contributed by atoms with E-state index in [-0.39, 0.29) is 19.8 Å². The number of nitrogens with zero attached hydrogens (tertiary/aromatic N) is 3. The van der Waals surface area contributed by atoms with Gasteiger partial charge in [-0.15, -0.1) is 0 Å². The maximum absolute atomic E-state index is 12.8. The second-order valence-electron chi connectivity index (χ2n) is 10.3. The first-order chi connectivity index (χ1) is 21.0. The van der Waals surface area contributed by atoms with Gasteiger partial charge in [0.15, 0.2) is 0 Å². The molecule has 0 radical (unpaired) electrons. The highest BCUT2D eigenvalue weighted by Crippen LogP contribution is 2.33. The molecule has 44 heavy (non-hydrogen) atoms. The summed E-state index contributed by atoms with van der Waals surface area (Å²) in [4.78, 5) is 20.9. The van der Waals surface area contributed by atoms with Crippen LogP contribution in [0.25, 0.3) is 11.1 Å². The van der Waals surface area contributed by atoms with Crippen LogP contribution >= 0.6 is 0 Å². The first-order valence-electron chi connectivity index (χ1n) is 14.8. The molecule has 2 aromatic rings.